The van der Waals surface area contributed by atoms with E-state index in [9.17, 15) is 13.2 Å². The molecule has 0 atom stereocenters. The molecule has 3 aliphatic rings. The van der Waals surface area contributed by atoms with Crippen molar-refractivity contribution in [1.82, 2.24) is 19.4 Å². The summed E-state index contributed by atoms with van der Waals surface area (Å²) < 4.78 is 24.4. The van der Waals surface area contributed by atoms with E-state index in [1.807, 2.05) is 4.90 Å². The second kappa shape index (κ2) is 7.04. The summed E-state index contributed by atoms with van der Waals surface area (Å²) in [5.74, 6) is 0.0719. The lowest BCUT2D eigenvalue weighted by atomic mass is 10.0. The van der Waals surface area contributed by atoms with Gasteiger partial charge in [-0.25, -0.2) is 8.42 Å². The van der Waals surface area contributed by atoms with Crippen LogP contribution in [0.4, 0.5) is 0 Å². The molecule has 0 aromatic heterocycles. The predicted octanol–water partition coefficient (Wildman–Crippen LogP) is -0.693. The van der Waals surface area contributed by atoms with Crippen LogP contribution in [0.15, 0.2) is 0 Å². The number of sulfonamides is 1. The van der Waals surface area contributed by atoms with Crippen LogP contribution in [0.2, 0.25) is 0 Å². The second-order valence-electron chi connectivity index (χ2n) is 7.05. The predicted molar refractivity (Wildman–Crippen MR) is 88.6 cm³/mol. The Balaban J connectivity index is 1.35. The molecule has 1 amide bonds. The SMILES string of the molecule is CS(=O)(=O)N1CCN(CC(=O)NC2CCN(C3CC3)CC2)CC1. The van der Waals surface area contributed by atoms with Gasteiger partial charge in [0.05, 0.1) is 12.8 Å². The van der Waals surface area contributed by atoms with Gasteiger partial charge >= 0.3 is 0 Å². The first-order valence-corrected chi connectivity index (χ1v) is 10.5. The first kappa shape index (κ1) is 17.1. The molecule has 3 rings (SSSR count). The number of nitrogens with zero attached hydrogens (tertiary/aromatic N) is 3. The number of carbonyl (C=O) groups is 1. The first-order chi connectivity index (χ1) is 10.9. The molecule has 23 heavy (non-hydrogen) atoms. The zero-order valence-corrected chi connectivity index (χ0v) is 14.7. The van der Waals surface area contributed by atoms with Crippen LogP contribution in [0.1, 0.15) is 25.7 Å². The third-order valence-corrected chi connectivity index (χ3v) is 6.43. The van der Waals surface area contributed by atoms with E-state index in [0.29, 0.717) is 38.8 Å². The number of rotatable bonds is 5. The summed E-state index contributed by atoms with van der Waals surface area (Å²) in [5, 5.41) is 3.15. The van der Waals surface area contributed by atoms with Crippen LogP contribution in [0, 0.1) is 0 Å². The largest absolute Gasteiger partial charge is 0.352 e. The van der Waals surface area contributed by atoms with Crippen molar-refractivity contribution in [3.8, 4) is 0 Å². The average molecular weight is 344 g/mol. The Morgan fingerprint density at radius 2 is 1.61 bits per heavy atom. The summed E-state index contributed by atoms with van der Waals surface area (Å²) in [7, 11) is -3.11. The smallest absolute Gasteiger partial charge is 0.234 e. The fraction of sp³-hybridized carbons (Fsp3) is 0.933. The zero-order valence-electron chi connectivity index (χ0n) is 13.9. The molecule has 0 bridgehead atoms. The quantitative estimate of drug-likeness (QED) is 0.714. The Bertz CT molecular complexity index is 519. The van der Waals surface area contributed by atoms with Crippen molar-refractivity contribution in [2.75, 3.05) is 52.1 Å². The van der Waals surface area contributed by atoms with Crippen molar-refractivity contribution in [3.05, 3.63) is 0 Å². The van der Waals surface area contributed by atoms with E-state index in [4.69, 9.17) is 0 Å². The van der Waals surface area contributed by atoms with Crippen LogP contribution in [-0.4, -0.2) is 92.6 Å². The van der Waals surface area contributed by atoms with E-state index < -0.39 is 10.0 Å². The lowest BCUT2D eigenvalue weighted by molar-refractivity contribution is -0.123. The van der Waals surface area contributed by atoms with Crippen molar-refractivity contribution in [2.45, 2.75) is 37.8 Å². The molecule has 3 fully saturated rings. The molecule has 132 valence electrons. The molecule has 1 saturated carbocycles. The number of hydrogen-bond donors (Lipinski definition) is 1. The van der Waals surface area contributed by atoms with Crippen LogP contribution >= 0.6 is 0 Å². The molecule has 0 unspecified atom stereocenters. The monoisotopic (exact) mass is 344 g/mol. The molecule has 1 N–H and O–H groups in total. The minimum absolute atomic E-state index is 0.0719. The fourth-order valence-corrected chi connectivity index (χ4v) is 4.37. The van der Waals surface area contributed by atoms with Crippen molar-refractivity contribution < 1.29 is 13.2 Å². The summed E-state index contributed by atoms with van der Waals surface area (Å²) in [6.07, 6.45) is 6.02. The topological polar surface area (TPSA) is 73.0 Å². The Morgan fingerprint density at radius 1 is 1.00 bits per heavy atom. The molecule has 1 aliphatic carbocycles. The lowest BCUT2D eigenvalue weighted by Crippen LogP contribution is -2.52. The number of piperidine rings is 1. The number of amides is 1. The van der Waals surface area contributed by atoms with Crippen LogP contribution < -0.4 is 5.32 Å². The molecule has 2 saturated heterocycles. The van der Waals surface area contributed by atoms with Crippen molar-refractivity contribution in [3.63, 3.8) is 0 Å². The molecule has 8 heteroatoms. The zero-order chi connectivity index (χ0) is 16.4. The van der Waals surface area contributed by atoms with Gasteiger partial charge in [0.1, 0.15) is 0 Å². The molecule has 0 aromatic rings. The number of likely N-dealkylation sites (tertiary alicyclic amines) is 1. The van der Waals surface area contributed by atoms with Crippen molar-refractivity contribution in [2.24, 2.45) is 0 Å². The standard InChI is InChI=1S/C15H28N4O3S/c1-23(21,22)19-10-8-17(9-11-19)12-15(20)16-13-4-6-18(7-5-13)14-2-3-14/h13-14H,2-12H2,1H3,(H,16,20). The highest BCUT2D eigenvalue weighted by Gasteiger charge is 2.32. The highest BCUT2D eigenvalue weighted by Crippen LogP contribution is 2.29. The number of hydrogen-bond acceptors (Lipinski definition) is 5. The van der Waals surface area contributed by atoms with Crippen molar-refractivity contribution in [1.29, 1.82) is 0 Å². The van der Waals surface area contributed by atoms with E-state index in [1.165, 1.54) is 23.4 Å². The van der Waals surface area contributed by atoms with E-state index >= 15 is 0 Å². The second-order valence-corrected chi connectivity index (χ2v) is 9.03. The van der Waals surface area contributed by atoms with Gasteiger partial charge in [-0.15, -0.1) is 0 Å². The maximum atomic E-state index is 12.2. The molecule has 0 aromatic carbocycles. The summed E-state index contributed by atoms with van der Waals surface area (Å²) in [5.41, 5.74) is 0. The minimum Gasteiger partial charge on any atom is -0.352 e. The molecule has 0 spiro atoms. The normalized spacial score (nSPS) is 26.3. The van der Waals surface area contributed by atoms with E-state index in [2.05, 4.69) is 10.2 Å². The molecule has 2 aliphatic heterocycles. The summed E-state index contributed by atoms with van der Waals surface area (Å²) in [6, 6.07) is 1.12. The maximum absolute atomic E-state index is 12.2. The Morgan fingerprint density at radius 3 is 2.13 bits per heavy atom. The van der Waals surface area contributed by atoms with Gasteiger partial charge in [0.2, 0.25) is 15.9 Å². The summed E-state index contributed by atoms with van der Waals surface area (Å²) >= 11 is 0. The Hall–Kier alpha value is -0.700. The Labute approximate surface area is 139 Å². The van der Waals surface area contributed by atoms with Crippen LogP contribution in [0.5, 0.6) is 0 Å². The van der Waals surface area contributed by atoms with Gasteiger partial charge in [0, 0.05) is 51.4 Å². The third-order valence-electron chi connectivity index (χ3n) is 5.13. The molecule has 2 heterocycles. The summed E-state index contributed by atoms with van der Waals surface area (Å²) in [6.45, 7) is 4.78. The first-order valence-electron chi connectivity index (χ1n) is 8.63. The van der Waals surface area contributed by atoms with Gasteiger partial charge in [0.25, 0.3) is 0 Å². The minimum atomic E-state index is -3.11. The molecular formula is C15H28N4O3S. The molecule has 7 nitrogen and oxygen atoms in total. The van der Waals surface area contributed by atoms with Gasteiger partial charge in [-0.3, -0.25) is 9.69 Å². The summed E-state index contributed by atoms with van der Waals surface area (Å²) in [4.78, 5) is 16.8. The van der Waals surface area contributed by atoms with Crippen LogP contribution in [0.3, 0.4) is 0 Å². The van der Waals surface area contributed by atoms with E-state index in [0.717, 1.165) is 32.0 Å². The van der Waals surface area contributed by atoms with Gasteiger partial charge < -0.3 is 10.2 Å². The van der Waals surface area contributed by atoms with Gasteiger partial charge in [0.15, 0.2) is 0 Å². The third kappa shape index (κ3) is 4.89. The lowest BCUT2D eigenvalue weighted by Gasteiger charge is -2.34. The Kier molecular flexibility index (Phi) is 5.25. The number of carbonyl (C=O) groups excluding carboxylic acids is 1. The number of piperazine rings is 1. The highest BCUT2D eigenvalue weighted by molar-refractivity contribution is 7.88. The maximum Gasteiger partial charge on any atom is 0.234 e. The molecule has 0 radical (unpaired) electrons. The van der Waals surface area contributed by atoms with Crippen molar-refractivity contribution >= 4 is 15.9 Å². The highest BCUT2D eigenvalue weighted by atomic mass is 32.2. The van der Waals surface area contributed by atoms with Crippen LogP contribution in [-0.2, 0) is 14.8 Å². The average Bonchev–Trinajstić information content (AvgIpc) is 3.32. The van der Waals surface area contributed by atoms with Gasteiger partial charge in [-0.2, -0.15) is 4.31 Å². The number of nitrogens with one attached hydrogen (secondary N) is 1. The molecular weight excluding hydrogens is 316 g/mol. The van der Waals surface area contributed by atoms with E-state index in [1.54, 1.807) is 0 Å². The van der Waals surface area contributed by atoms with E-state index in [-0.39, 0.29) is 5.91 Å². The van der Waals surface area contributed by atoms with Crippen LogP contribution in [0.25, 0.3) is 0 Å². The fourth-order valence-electron chi connectivity index (χ4n) is 3.54. The van der Waals surface area contributed by atoms with Gasteiger partial charge in [-0.1, -0.05) is 0 Å². The van der Waals surface area contributed by atoms with Gasteiger partial charge in [-0.05, 0) is 25.7 Å².